The number of carbonyl (C=O) groups excluding carboxylic acids is 3. The van der Waals surface area contributed by atoms with E-state index in [4.69, 9.17) is 4.74 Å². The number of hydrogen-bond acceptors (Lipinski definition) is 4. The topological polar surface area (TPSA) is 84.5 Å². The molecule has 18 heavy (non-hydrogen) atoms. The lowest BCUT2D eigenvalue weighted by molar-refractivity contribution is -0.147. The summed E-state index contributed by atoms with van der Waals surface area (Å²) in [7, 11) is 0. The maximum atomic E-state index is 11.6. The average Bonchev–Trinajstić information content (AvgIpc) is 2.28. The summed E-state index contributed by atoms with van der Waals surface area (Å²) in [6.45, 7) is 6.77. The molecule has 2 amide bonds. The van der Waals surface area contributed by atoms with Crippen molar-refractivity contribution in [3.63, 3.8) is 0 Å². The molecule has 2 N–H and O–H groups in total. The van der Waals surface area contributed by atoms with E-state index in [1.54, 1.807) is 13.8 Å². The Labute approximate surface area is 107 Å². The zero-order chi connectivity index (χ0) is 14.1. The average molecular weight is 258 g/mol. The molecule has 0 aromatic carbocycles. The highest BCUT2D eigenvalue weighted by molar-refractivity contribution is 5.89. The minimum absolute atomic E-state index is 0.296. The number of nitrogens with one attached hydrogen (secondary N) is 2. The van der Waals surface area contributed by atoms with Crippen LogP contribution in [0.5, 0.6) is 0 Å². The third-order valence-electron chi connectivity index (χ3n) is 2.27. The van der Waals surface area contributed by atoms with E-state index in [-0.39, 0.29) is 5.91 Å². The maximum Gasteiger partial charge on any atom is 0.328 e. The first-order valence-electron chi connectivity index (χ1n) is 6.12. The van der Waals surface area contributed by atoms with Crippen LogP contribution in [0.25, 0.3) is 0 Å². The molecule has 0 bridgehead atoms. The van der Waals surface area contributed by atoms with Gasteiger partial charge in [-0.15, -0.1) is 0 Å². The minimum Gasteiger partial charge on any atom is -0.464 e. The van der Waals surface area contributed by atoms with Crippen molar-refractivity contribution in [1.29, 1.82) is 0 Å². The van der Waals surface area contributed by atoms with Crippen molar-refractivity contribution in [3.05, 3.63) is 0 Å². The van der Waals surface area contributed by atoms with Gasteiger partial charge in [0.15, 0.2) is 0 Å². The zero-order valence-corrected chi connectivity index (χ0v) is 11.4. The van der Waals surface area contributed by atoms with Crippen LogP contribution in [-0.2, 0) is 19.1 Å². The third kappa shape index (κ3) is 6.88. The first-order chi connectivity index (χ1) is 8.38. The normalized spacial score (nSPS) is 13.3. The number of amides is 2. The van der Waals surface area contributed by atoms with Crippen molar-refractivity contribution in [2.24, 2.45) is 0 Å². The first-order valence-corrected chi connectivity index (χ1v) is 6.12. The van der Waals surface area contributed by atoms with Gasteiger partial charge in [-0.1, -0.05) is 13.3 Å². The molecule has 6 nitrogen and oxygen atoms in total. The molecule has 0 rings (SSSR count). The molecule has 0 unspecified atom stereocenters. The van der Waals surface area contributed by atoms with E-state index in [0.717, 1.165) is 12.8 Å². The zero-order valence-electron chi connectivity index (χ0n) is 11.4. The Morgan fingerprint density at radius 1 is 1.11 bits per heavy atom. The second kappa shape index (κ2) is 8.49. The highest BCUT2D eigenvalue weighted by Gasteiger charge is 2.20. The smallest absolute Gasteiger partial charge is 0.328 e. The van der Waals surface area contributed by atoms with Crippen molar-refractivity contribution in [2.75, 3.05) is 6.61 Å². The van der Waals surface area contributed by atoms with Crippen molar-refractivity contribution >= 4 is 17.8 Å². The Morgan fingerprint density at radius 2 is 1.72 bits per heavy atom. The predicted octanol–water partition coefficient (Wildman–Crippen LogP) is 0.359. The quantitative estimate of drug-likeness (QED) is 0.510. The fraction of sp³-hybridized carbons (Fsp3) is 0.750. The second-order valence-corrected chi connectivity index (χ2v) is 4.17. The molecule has 0 heterocycles. The number of carbonyl (C=O) groups is 3. The highest BCUT2D eigenvalue weighted by atomic mass is 16.5. The molecule has 6 heteroatoms. The van der Waals surface area contributed by atoms with Crippen molar-refractivity contribution in [2.45, 2.75) is 52.6 Å². The molecule has 0 spiro atoms. The Hall–Kier alpha value is -1.59. The van der Waals surface area contributed by atoms with Crippen molar-refractivity contribution in [3.8, 4) is 0 Å². The summed E-state index contributed by atoms with van der Waals surface area (Å²) in [4.78, 5) is 33.8. The number of rotatable bonds is 7. The van der Waals surface area contributed by atoms with Crippen LogP contribution < -0.4 is 10.6 Å². The molecular weight excluding hydrogens is 236 g/mol. The number of unbranched alkanes of at least 4 members (excludes halogenated alkanes) is 1. The van der Waals surface area contributed by atoms with Gasteiger partial charge in [0.1, 0.15) is 12.1 Å². The number of ether oxygens (including phenoxy) is 1. The van der Waals surface area contributed by atoms with Gasteiger partial charge in [0.25, 0.3) is 0 Å². The van der Waals surface area contributed by atoms with Crippen LogP contribution in [-0.4, -0.2) is 36.5 Å². The lowest BCUT2D eigenvalue weighted by atomic mass is 10.2. The molecule has 0 aliphatic heterocycles. The number of esters is 1. The Bertz CT molecular complexity index is 304. The van der Waals surface area contributed by atoms with E-state index in [0.29, 0.717) is 6.61 Å². The van der Waals surface area contributed by atoms with Gasteiger partial charge in [0, 0.05) is 6.92 Å². The summed E-state index contributed by atoms with van der Waals surface area (Å²) < 4.78 is 4.96. The minimum atomic E-state index is -0.717. The van der Waals surface area contributed by atoms with Crippen LogP contribution in [0.2, 0.25) is 0 Å². The Kier molecular flexibility index (Phi) is 7.74. The largest absolute Gasteiger partial charge is 0.464 e. The second-order valence-electron chi connectivity index (χ2n) is 4.17. The molecule has 0 aromatic heterocycles. The molecule has 0 saturated heterocycles. The van der Waals surface area contributed by atoms with E-state index in [2.05, 4.69) is 10.6 Å². The molecule has 0 fully saturated rings. The SMILES string of the molecule is CCCCOC(=O)[C@H](C)NC(=O)[C@H](C)NC(C)=O. The third-order valence-corrected chi connectivity index (χ3v) is 2.27. The van der Waals surface area contributed by atoms with E-state index >= 15 is 0 Å². The highest BCUT2D eigenvalue weighted by Crippen LogP contribution is 1.94. The molecule has 0 aliphatic rings. The van der Waals surface area contributed by atoms with Crippen LogP contribution in [0.4, 0.5) is 0 Å². The standard InChI is InChI=1S/C12H22N2O4/c1-5-6-7-18-12(17)9(3)14-11(16)8(2)13-10(4)15/h8-9H,5-7H2,1-4H3,(H,13,15)(H,14,16)/t8-,9-/m0/s1. The van der Waals surface area contributed by atoms with Crippen LogP contribution >= 0.6 is 0 Å². The fourth-order valence-electron chi connectivity index (χ4n) is 1.21. The predicted molar refractivity (Wildman–Crippen MR) is 66.8 cm³/mol. The van der Waals surface area contributed by atoms with Crippen LogP contribution in [0, 0.1) is 0 Å². The molecule has 0 aliphatic carbocycles. The summed E-state index contributed by atoms with van der Waals surface area (Å²) in [6.07, 6.45) is 1.74. The summed E-state index contributed by atoms with van der Waals surface area (Å²) in [5, 5.41) is 4.92. The Morgan fingerprint density at radius 3 is 2.22 bits per heavy atom. The van der Waals surface area contributed by atoms with Crippen molar-refractivity contribution < 1.29 is 19.1 Å². The molecule has 0 saturated carbocycles. The molecule has 0 radical (unpaired) electrons. The van der Waals surface area contributed by atoms with Gasteiger partial charge in [-0.25, -0.2) is 4.79 Å². The molecule has 104 valence electrons. The summed E-state index contributed by atoms with van der Waals surface area (Å²) >= 11 is 0. The lowest BCUT2D eigenvalue weighted by Gasteiger charge is -2.17. The van der Waals surface area contributed by atoms with Gasteiger partial charge >= 0.3 is 5.97 Å². The van der Waals surface area contributed by atoms with Gasteiger partial charge in [-0.2, -0.15) is 0 Å². The van der Waals surface area contributed by atoms with Crippen LogP contribution in [0.3, 0.4) is 0 Å². The van der Waals surface area contributed by atoms with Crippen molar-refractivity contribution in [1.82, 2.24) is 10.6 Å². The Balaban J connectivity index is 4.05. The summed E-state index contributed by atoms with van der Waals surface area (Å²) in [5.74, 6) is -1.17. The first kappa shape index (κ1) is 16.4. The van der Waals surface area contributed by atoms with E-state index in [1.807, 2.05) is 6.92 Å². The van der Waals surface area contributed by atoms with E-state index in [9.17, 15) is 14.4 Å². The lowest BCUT2D eigenvalue weighted by Crippen LogP contribution is -2.49. The van der Waals surface area contributed by atoms with Gasteiger partial charge in [0.2, 0.25) is 11.8 Å². The fourth-order valence-corrected chi connectivity index (χ4v) is 1.21. The van der Waals surface area contributed by atoms with Gasteiger partial charge in [-0.05, 0) is 20.3 Å². The molecular formula is C12H22N2O4. The van der Waals surface area contributed by atoms with Crippen LogP contribution in [0.1, 0.15) is 40.5 Å². The van der Waals surface area contributed by atoms with Crippen LogP contribution in [0.15, 0.2) is 0 Å². The monoisotopic (exact) mass is 258 g/mol. The van der Waals surface area contributed by atoms with Gasteiger partial charge in [0.05, 0.1) is 6.61 Å². The molecule has 2 atom stereocenters. The summed E-state index contributed by atoms with van der Waals surface area (Å²) in [6, 6.07) is -1.39. The number of hydrogen-bond donors (Lipinski definition) is 2. The molecule has 0 aromatic rings. The summed E-state index contributed by atoms with van der Waals surface area (Å²) in [5.41, 5.74) is 0. The van der Waals surface area contributed by atoms with E-state index < -0.39 is 24.0 Å². The van der Waals surface area contributed by atoms with E-state index in [1.165, 1.54) is 6.92 Å². The van der Waals surface area contributed by atoms with Gasteiger partial charge in [-0.3, -0.25) is 9.59 Å². The maximum absolute atomic E-state index is 11.6. The van der Waals surface area contributed by atoms with Gasteiger partial charge < -0.3 is 15.4 Å².